The Balaban J connectivity index is 2.60. The number of nitrogens with zero attached hydrogens (tertiary/aromatic N) is 2. The number of halogens is 1. The highest BCUT2D eigenvalue weighted by atomic mass is 35.5. The molecule has 1 aromatic carbocycles. The van der Waals surface area contributed by atoms with Gasteiger partial charge in [0.05, 0.1) is 35.7 Å². The molecule has 0 radical (unpaired) electrons. The Hall–Kier alpha value is -1.26. The quantitative estimate of drug-likeness (QED) is 0.788. The maximum absolute atomic E-state index is 6.27. The van der Waals surface area contributed by atoms with E-state index in [0.29, 0.717) is 6.54 Å². The SMILES string of the molecule is COc1ccc2nc(C(C)Cl)n(CC(C)(C)OC)c2c1. The molecule has 0 saturated carbocycles. The minimum absolute atomic E-state index is 0.166. The third-order valence-corrected chi connectivity index (χ3v) is 3.63. The summed E-state index contributed by atoms with van der Waals surface area (Å²) in [7, 11) is 3.37. The van der Waals surface area contributed by atoms with Gasteiger partial charge in [0.1, 0.15) is 11.6 Å². The molecule has 1 unspecified atom stereocenters. The fourth-order valence-corrected chi connectivity index (χ4v) is 2.33. The highest BCUT2D eigenvalue weighted by Gasteiger charge is 2.23. The van der Waals surface area contributed by atoms with Crippen molar-refractivity contribution in [2.75, 3.05) is 14.2 Å². The lowest BCUT2D eigenvalue weighted by molar-refractivity contribution is 0.00842. The van der Waals surface area contributed by atoms with Gasteiger partial charge in [-0.2, -0.15) is 0 Å². The molecule has 0 bridgehead atoms. The van der Waals surface area contributed by atoms with Gasteiger partial charge < -0.3 is 14.0 Å². The Morgan fingerprint density at radius 1 is 1.35 bits per heavy atom. The molecule has 20 heavy (non-hydrogen) atoms. The molecule has 0 spiro atoms. The molecule has 2 aromatic rings. The number of fused-ring (bicyclic) bond motifs is 1. The lowest BCUT2D eigenvalue weighted by Crippen LogP contribution is -2.29. The fraction of sp³-hybridized carbons (Fsp3) is 0.533. The minimum atomic E-state index is -0.294. The Morgan fingerprint density at radius 3 is 2.60 bits per heavy atom. The minimum Gasteiger partial charge on any atom is -0.497 e. The second kappa shape index (κ2) is 5.62. The number of rotatable bonds is 5. The van der Waals surface area contributed by atoms with Crippen LogP contribution in [0.1, 0.15) is 32.0 Å². The molecule has 1 heterocycles. The zero-order valence-corrected chi connectivity index (χ0v) is 13.4. The standard InChI is InChI=1S/C15H21ClN2O2/c1-10(16)14-17-12-7-6-11(19-4)8-13(12)18(14)9-15(2,3)20-5/h6-8,10H,9H2,1-5H3. The highest BCUT2D eigenvalue weighted by molar-refractivity contribution is 6.20. The van der Waals surface area contributed by atoms with Crippen molar-refractivity contribution >= 4 is 22.6 Å². The summed E-state index contributed by atoms with van der Waals surface area (Å²) in [5.74, 6) is 1.66. The number of hydrogen-bond acceptors (Lipinski definition) is 3. The first-order valence-electron chi connectivity index (χ1n) is 6.61. The van der Waals surface area contributed by atoms with Crippen LogP contribution >= 0.6 is 11.6 Å². The van der Waals surface area contributed by atoms with Crippen LogP contribution in [-0.2, 0) is 11.3 Å². The zero-order chi connectivity index (χ0) is 14.9. The zero-order valence-electron chi connectivity index (χ0n) is 12.6. The number of benzene rings is 1. The topological polar surface area (TPSA) is 36.3 Å². The summed E-state index contributed by atoms with van der Waals surface area (Å²) in [6.45, 7) is 6.69. The van der Waals surface area contributed by atoms with Crippen LogP contribution in [0.15, 0.2) is 18.2 Å². The van der Waals surface area contributed by atoms with Gasteiger partial charge in [-0.25, -0.2) is 4.98 Å². The molecule has 0 aliphatic heterocycles. The number of imidazole rings is 1. The number of ether oxygens (including phenoxy) is 2. The van der Waals surface area contributed by atoms with Crippen molar-refractivity contribution in [3.63, 3.8) is 0 Å². The summed E-state index contributed by atoms with van der Waals surface area (Å²) in [5.41, 5.74) is 1.63. The molecular formula is C15H21ClN2O2. The van der Waals surface area contributed by atoms with Gasteiger partial charge in [0.25, 0.3) is 0 Å². The van der Waals surface area contributed by atoms with Gasteiger partial charge in [0.15, 0.2) is 0 Å². The summed E-state index contributed by atoms with van der Waals surface area (Å²) in [4.78, 5) is 4.63. The van der Waals surface area contributed by atoms with E-state index in [1.807, 2.05) is 39.0 Å². The molecule has 1 aromatic heterocycles. The molecule has 110 valence electrons. The van der Waals surface area contributed by atoms with E-state index in [1.165, 1.54) is 0 Å². The maximum Gasteiger partial charge on any atom is 0.127 e. The Kier molecular flexibility index (Phi) is 4.25. The van der Waals surface area contributed by atoms with Crippen LogP contribution < -0.4 is 4.74 Å². The Bertz CT molecular complexity index is 605. The van der Waals surface area contributed by atoms with Crippen molar-refractivity contribution in [2.24, 2.45) is 0 Å². The molecule has 0 amide bonds. The fourth-order valence-electron chi connectivity index (χ4n) is 2.16. The van der Waals surface area contributed by atoms with E-state index < -0.39 is 0 Å². The number of aromatic nitrogens is 2. The van der Waals surface area contributed by atoms with Crippen LogP contribution in [0.5, 0.6) is 5.75 Å². The van der Waals surface area contributed by atoms with Crippen LogP contribution in [0, 0.1) is 0 Å². The number of alkyl halides is 1. The summed E-state index contributed by atoms with van der Waals surface area (Å²) >= 11 is 6.27. The van der Waals surface area contributed by atoms with E-state index >= 15 is 0 Å². The number of hydrogen-bond donors (Lipinski definition) is 0. The van der Waals surface area contributed by atoms with Crippen molar-refractivity contribution in [3.8, 4) is 5.75 Å². The normalized spacial score (nSPS) is 13.7. The van der Waals surface area contributed by atoms with Crippen molar-refractivity contribution in [3.05, 3.63) is 24.0 Å². The van der Waals surface area contributed by atoms with Gasteiger partial charge in [-0.05, 0) is 32.9 Å². The van der Waals surface area contributed by atoms with E-state index in [1.54, 1.807) is 14.2 Å². The second-order valence-electron chi connectivity index (χ2n) is 5.49. The Morgan fingerprint density at radius 2 is 2.05 bits per heavy atom. The van der Waals surface area contributed by atoms with Gasteiger partial charge in [-0.1, -0.05) is 0 Å². The first kappa shape index (κ1) is 15.1. The van der Waals surface area contributed by atoms with Crippen molar-refractivity contribution < 1.29 is 9.47 Å². The van der Waals surface area contributed by atoms with Gasteiger partial charge >= 0.3 is 0 Å². The lowest BCUT2D eigenvalue weighted by atomic mass is 10.1. The first-order valence-corrected chi connectivity index (χ1v) is 7.05. The predicted molar refractivity (Wildman–Crippen MR) is 81.6 cm³/mol. The van der Waals surface area contributed by atoms with Crippen LogP contribution in [0.3, 0.4) is 0 Å². The largest absolute Gasteiger partial charge is 0.497 e. The van der Waals surface area contributed by atoms with Crippen LogP contribution in [-0.4, -0.2) is 29.4 Å². The van der Waals surface area contributed by atoms with E-state index in [9.17, 15) is 0 Å². The predicted octanol–water partition coefficient (Wildman–Crippen LogP) is 3.77. The van der Waals surface area contributed by atoms with E-state index in [2.05, 4.69) is 9.55 Å². The second-order valence-corrected chi connectivity index (χ2v) is 6.15. The van der Waals surface area contributed by atoms with Crippen molar-refractivity contribution in [1.82, 2.24) is 9.55 Å². The van der Waals surface area contributed by atoms with Gasteiger partial charge in [0.2, 0.25) is 0 Å². The Labute approximate surface area is 124 Å². The summed E-state index contributed by atoms with van der Waals surface area (Å²) < 4.78 is 12.9. The summed E-state index contributed by atoms with van der Waals surface area (Å²) in [6, 6.07) is 5.84. The molecule has 0 fully saturated rings. The first-order chi connectivity index (χ1) is 9.38. The van der Waals surface area contributed by atoms with Crippen molar-refractivity contribution in [2.45, 2.75) is 38.3 Å². The van der Waals surface area contributed by atoms with E-state index in [0.717, 1.165) is 22.6 Å². The van der Waals surface area contributed by atoms with E-state index in [-0.39, 0.29) is 11.0 Å². The van der Waals surface area contributed by atoms with Crippen LogP contribution in [0.25, 0.3) is 11.0 Å². The molecule has 0 aliphatic rings. The van der Waals surface area contributed by atoms with Gasteiger partial charge in [-0.3, -0.25) is 0 Å². The van der Waals surface area contributed by atoms with Crippen LogP contribution in [0.2, 0.25) is 0 Å². The summed E-state index contributed by atoms with van der Waals surface area (Å²) in [6.07, 6.45) is 0. The smallest absolute Gasteiger partial charge is 0.127 e. The maximum atomic E-state index is 6.27. The van der Waals surface area contributed by atoms with E-state index in [4.69, 9.17) is 21.1 Å². The van der Waals surface area contributed by atoms with Gasteiger partial charge in [0, 0.05) is 13.2 Å². The third-order valence-electron chi connectivity index (χ3n) is 3.43. The molecular weight excluding hydrogens is 276 g/mol. The average molecular weight is 297 g/mol. The highest BCUT2D eigenvalue weighted by Crippen LogP contribution is 2.29. The lowest BCUT2D eigenvalue weighted by Gasteiger charge is -2.25. The van der Waals surface area contributed by atoms with Gasteiger partial charge in [-0.15, -0.1) is 11.6 Å². The molecule has 5 heteroatoms. The molecule has 0 N–H and O–H groups in total. The summed E-state index contributed by atoms with van der Waals surface area (Å²) in [5, 5.41) is -0.166. The molecule has 2 rings (SSSR count). The third kappa shape index (κ3) is 2.91. The average Bonchev–Trinajstić information content (AvgIpc) is 2.76. The molecule has 4 nitrogen and oxygen atoms in total. The number of methoxy groups -OCH3 is 2. The van der Waals surface area contributed by atoms with Crippen molar-refractivity contribution in [1.29, 1.82) is 0 Å². The molecule has 1 atom stereocenters. The monoisotopic (exact) mass is 296 g/mol. The van der Waals surface area contributed by atoms with Crippen LogP contribution in [0.4, 0.5) is 0 Å². The molecule has 0 saturated heterocycles. The molecule has 0 aliphatic carbocycles.